The van der Waals surface area contributed by atoms with Crippen molar-refractivity contribution < 1.29 is 23.4 Å². The summed E-state index contributed by atoms with van der Waals surface area (Å²) in [7, 11) is 4.55. The summed E-state index contributed by atoms with van der Waals surface area (Å²) in [5.74, 6) is 1.22. The maximum atomic E-state index is 12.3. The third-order valence-corrected chi connectivity index (χ3v) is 4.65. The van der Waals surface area contributed by atoms with Gasteiger partial charge in [0.15, 0.2) is 11.5 Å². The molecule has 0 unspecified atom stereocenters. The number of anilines is 1. The van der Waals surface area contributed by atoms with Gasteiger partial charge in [-0.1, -0.05) is 5.10 Å². The Morgan fingerprint density at radius 3 is 2.18 bits per heavy atom. The van der Waals surface area contributed by atoms with Crippen LogP contribution in [0, 0.1) is 0 Å². The van der Waals surface area contributed by atoms with Crippen LogP contribution < -0.4 is 19.5 Å². The Morgan fingerprint density at radius 1 is 1.00 bits per heavy atom. The van der Waals surface area contributed by atoms with Crippen LogP contribution in [0.2, 0.25) is 0 Å². The number of carbonyl (C=O) groups is 1. The molecule has 3 aromatic rings. The summed E-state index contributed by atoms with van der Waals surface area (Å²) in [5.41, 5.74) is 1.05. The van der Waals surface area contributed by atoms with Gasteiger partial charge in [-0.05, 0) is 42.7 Å². The number of hydrogen-bond acceptors (Lipinski definition) is 8. The minimum Gasteiger partial charge on any atom is -0.493 e. The monoisotopic (exact) mass is 401 g/mol. The molecule has 1 N–H and O–H groups in total. The molecule has 0 spiro atoms. The Kier molecular flexibility index (Phi) is 6.05. The van der Waals surface area contributed by atoms with Gasteiger partial charge in [0, 0.05) is 16.0 Å². The summed E-state index contributed by atoms with van der Waals surface area (Å²) >= 11 is 1.60. The normalized spacial score (nSPS) is 10.4. The topological polar surface area (TPSA) is 95.7 Å². The first kappa shape index (κ1) is 19.6. The van der Waals surface area contributed by atoms with Gasteiger partial charge in [-0.15, -0.1) is 16.9 Å². The van der Waals surface area contributed by atoms with Crippen LogP contribution >= 0.6 is 11.8 Å². The van der Waals surface area contributed by atoms with Gasteiger partial charge in [0.25, 0.3) is 5.91 Å². The van der Waals surface area contributed by atoms with Gasteiger partial charge in [0.1, 0.15) is 0 Å². The highest BCUT2D eigenvalue weighted by molar-refractivity contribution is 7.98. The highest BCUT2D eigenvalue weighted by Crippen LogP contribution is 2.41. The molecule has 0 atom stereocenters. The van der Waals surface area contributed by atoms with E-state index in [1.807, 2.05) is 18.4 Å². The lowest BCUT2D eigenvalue weighted by atomic mass is 10.2. The Hall–Kier alpha value is -3.20. The van der Waals surface area contributed by atoms with Crippen LogP contribution in [0.5, 0.6) is 17.2 Å². The first-order valence-corrected chi connectivity index (χ1v) is 9.41. The minimum absolute atomic E-state index is 0.0114. The molecule has 3 rings (SSSR count). The van der Waals surface area contributed by atoms with Gasteiger partial charge in [0.2, 0.25) is 11.6 Å². The fourth-order valence-corrected chi connectivity index (χ4v) is 2.91. The molecule has 0 saturated heterocycles. The summed E-state index contributed by atoms with van der Waals surface area (Å²) in [4.78, 5) is 13.4. The number of benzene rings is 2. The number of amides is 1. The summed E-state index contributed by atoms with van der Waals surface area (Å²) in [6, 6.07) is 10.6. The van der Waals surface area contributed by atoms with Crippen molar-refractivity contribution >= 4 is 23.7 Å². The Morgan fingerprint density at radius 2 is 1.64 bits per heavy atom. The van der Waals surface area contributed by atoms with Crippen molar-refractivity contribution in [2.75, 3.05) is 32.9 Å². The summed E-state index contributed by atoms with van der Waals surface area (Å²) in [5, 5.41) is 10.5. The maximum Gasteiger partial charge on any atom is 0.322 e. The van der Waals surface area contributed by atoms with E-state index in [1.54, 1.807) is 36.0 Å². The lowest BCUT2D eigenvalue weighted by Gasteiger charge is -2.12. The third-order valence-electron chi connectivity index (χ3n) is 3.91. The van der Waals surface area contributed by atoms with E-state index in [1.165, 1.54) is 21.3 Å². The predicted molar refractivity (Wildman–Crippen MR) is 106 cm³/mol. The summed E-state index contributed by atoms with van der Waals surface area (Å²) < 4.78 is 21.5. The molecular weight excluding hydrogens is 382 g/mol. The first-order chi connectivity index (χ1) is 13.6. The lowest BCUT2D eigenvalue weighted by Crippen LogP contribution is -2.11. The van der Waals surface area contributed by atoms with Crippen LogP contribution in [0.1, 0.15) is 10.4 Å². The Balaban J connectivity index is 1.82. The van der Waals surface area contributed by atoms with E-state index in [-0.39, 0.29) is 17.8 Å². The van der Waals surface area contributed by atoms with E-state index >= 15 is 0 Å². The van der Waals surface area contributed by atoms with Crippen LogP contribution in [0.15, 0.2) is 45.7 Å². The van der Waals surface area contributed by atoms with Crippen molar-refractivity contribution in [3.8, 4) is 28.7 Å². The van der Waals surface area contributed by atoms with Crippen molar-refractivity contribution in [2.24, 2.45) is 0 Å². The number of ether oxygens (including phenoxy) is 3. The van der Waals surface area contributed by atoms with Crippen molar-refractivity contribution in [1.82, 2.24) is 10.2 Å². The quantitative estimate of drug-likeness (QED) is 0.598. The largest absolute Gasteiger partial charge is 0.493 e. The second-order valence-electron chi connectivity index (χ2n) is 5.51. The molecule has 9 heteroatoms. The number of nitrogens with one attached hydrogen (secondary N) is 1. The van der Waals surface area contributed by atoms with Crippen molar-refractivity contribution in [3.05, 3.63) is 42.0 Å². The molecule has 0 aliphatic heterocycles. The van der Waals surface area contributed by atoms with E-state index in [9.17, 15) is 4.79 Å². The smallest absolute Gasteiger partial charge is 0.322 e. The molecule has 0 aliphatic carbocycles. The zero-order chi connectivity index (χ0) is 20.1. The number of hydrogen-bond donors (Lipinski definition) is 1. The van der Waals surface area contributed by atoms with Gasteiger partial charge in [0.05, 0.1) is 21.3 Å². The van der Waals surface area contributed by atoms with Crippen LogP contribution in [-0.4, -0.2) is 43.7 Å². The summed E-state index contributed by atoms with van der Waals surface area (Å²) in [6.45, 7) is 0. The Bertz CT molecular complexity index is 947. The van der Waals surface area contributed by atoms with Crippen LogP contribution in [0.25, 0.3) is 11.5 Å². The van der Waals surface area contributed by atoms with Crippen LogP contribution in [0.3, 0.4) is 0 Å². The minimum atomic E-state index is -0.340. The van der Waals surface area contributed by atoms with Gasteiger partial charge >= 0.3 is 6.01 Å². The molecule has 146 valence electrons. The van der Waals surface area contributed by atoms with Crippen molar-refractivity contribution in [2.45, 2.75) is 4.90 Å². The average Bonchev–Trinajstić information content (AvgIpc) is 3.21. The molecule has 0 aliphatic rings. The molecule has 1 aromatic heterocycles. The number of thioether (sulfide) groups is 1. The first-order valence-electron chi connectivity index (χ1n) is 8.19. The van der Waals surface area contributed by atoms with Crippen molar-refractivity contribution in [1.29, 1.82) is 0 Å². The number of methoxy groups -OCH3 is 3. The molecule has 1 heterocycles. The second-order valence-corrected chi connectivity index (χ2v) is 6.39. The molecule has 0 fully saturated rings. The SMILES string of the molecule is COc1cc(-c2nnc(NC(=O)c3ccc(SC)cc3)o2)cc(OC)c1OC. The fourth-order valence-electron chi connectivity index (χ4n) is 2.51. The third kappa shape index (κ3) is 4.04. The van der Waals surface area contributed by atoms with E-state index < -0.39 is 0 Å². The highest BCUT2D eigenvalue weighted by atomic mass is 32.2. The maximum absolute atomic E-state index is 12.3. The average molecular weight is 401 g/mol. The van der Waals surface area contributed by atoms with E-state index in [0.717, 1.165) is 4.90 Å². The highest BCUT2D eigenvalue weighted by Gasteiger charge is 2.18. The molecule has 2 aromatic carbocycles. The van der Waals surface area contributed by atoms with E-state index in [2.05, 4.69) is 15.5 Å². The lowest BCUT2D eigenvalue weighted by molar-refractivity contribution is 0.102. The van der Waals surface area contributed by atoms with Crippen molar-refractivity contribution in [3.63, 3.8) is 0 Å². The standard InChI is InChI=1S/C19H19N3O5S/c1-24-14-9-12(10-15(25-2)16(14)26-3)18-21-22-19(27-18)20-17(23)11-5-7-13(28-4)8-6-11/h5-10H,1-4H3,(H,20,22,23). The molecule has 8 nitrogen and oxygen atoms in total. The zero-order valence-electron chi connectivity index (χ0n) is 15.8. The van der Waals surface area contributed by atoms with Gasteiger partial charge in [-0.2, -0.15) is 0 Å². The van der Waals surface area contributed by atoms with Gasteiger partial charge in [-0.25, -0.2) is 0 Å². The Labute approximate surface area is 166 Å². The number of rotatable bonds is 7. The van der Waals surface area contributed by atoms with Gasteiger partial charge in [-0.3, -0.25) is 10.1 Å². The van der Waals surface area contributed by atoms with Gasteiger partial charge < -0.3 is 18.6 Å². The molecule has 1 amide bonds. The number of aromatic nitrogens is 2. The van der Waals surface area contributed by atoms with Crippen LogP contribution in [0.4, 0.5) is 6.01 Å². The molecule has 0 radical (unpaired) electrons. The van der Waals surface area contributed by atoms with Crippen LogP contribution in [-0.2, 0) is 0 Å². The fraction of sp³-hybridized carbons (Fsp3) is 0.211. The second kappa shape index (κ2) is 8.66. The zero-order valence-corrected chi connectivity index (χ0v) is 16.6. The predicted octanol–water partition coefficient (Wildman–Crippen LogP) is 3.74. The molecule has 28 heavy (non-hydrogen) atoms. The molecule has 0 bridgehead atoms. The van der Waals surface area contributed by atoms with E-state index in [4.69, 9.17) is 18.6 Å². The summed E-state index contributed by atoms with van der Waals surface area (Å²) in [6.07, 6.45) is 1.97. The number of nitrogens with zero attached hydrogens (tertiary/aromatic N) is 2. The number of carbonyl (C=O) groups excluding carboxylic acids is 1. The molecular formula is C19H19N3O5S. The van der Waals surface area contributed by atoms with E-state index in [0.29, 0.717) is 28.4 Å². The molecule has 0 saturated carbocycles.